The third-order valence-corrected chi connectivity index (χ3v) is 5.61. The van der Waals surface area contributed by atoms with Crippen LogP contribution < -0.4 is 0 Å². The zero-order valence-corrected chi connectivity index (χ0v) is 14.0. The largest absolute Gasteiger partial charge is 0.163 e. The summed E-state index contributed by atoms with van der Waals surface area (Å²) in [6, 6.07) is 11.0. The molecular weight excluding hydrogens is 292 g/mol. The maximum Gasteiger partial charge on any atom is 0.0610 e. The Morgan fingerprint density at radius 1 is 1.14 bits per heavy atom. The van der Waals surface area contributed by atoms with Crippen molar-refractivity contribution in [2.75, 3.05) is 0 Å². The number of thiol groups is 1. The lowest BCUT2D eigenvalue weighted by Crippen LogP contribution is -2.12. The SMILES string of the molecule is C=CC1=C(C=C)C(C)(S)c2cc(-c3ccc(C)s3)ccc21. The second kappa shape index (κ2) is 5.04. The Kier molecular flexibility index (Phi) is 3.46. The van der Waals surface area contributed by atoms with Gasteiger partial charge in [-0.1, -0.05) is 37.4 Å². The molecule has 1 heterocycles. The van der Waals surface area contributed by atoms with Gasteiger partial charge in [0.1, 0.15) is 0 Å². The van der Waals surface area contributed by atoms with Gasteiger partial charge >= 0.3 is 0 Å². The second-order valence-corrected chi connectivity index (χ2v) is 7.66. The van der Waals surface area contributed by atoms with Gasteiger partial charge in [-0.2, -0.15) is 12.6 Å². The lowest BCUT2D eigenvalue weighted by atomic mass is 9.95. The van der Waals surface area contributed by atoms with E-state index in [9.17, 15) is 0 Å². The van der Waals surface area contributed by atoms with Crippen LogP contribution in [0.15, 0.2) is 61.2 Å². The summed E-state index contributed by atoms with van der Waals surface area (Å²) >= 11 is 6.73. The molecule has 1 atom stereocenters. The molecule has 1 aliphatic carbocycles. The molecule has 1 unspecified atom stereocenters. The van der Waals surface area contributed by atoms with E-state index in [0.717, 1.165) is 11.1 Å². The van der Waals surface area contributed by atoms with Gasteiger partial charge in [-0.15, -0.1) is 11.3 Å². The summed E-state index contributed by atoms with van der Waals surface area (Å²) in [6.07, 6.45) is 3.81. The van der Waals surface area contributed by atoms with Gasteiger partial charge in [0.05, 0.1) is 4.75 Å². The van der Waals surface area contributed by atoms with Crippen LogP contribution in [0.1, 0.15) is 22.9 Å². The Hall–Kier alpha value is -1.51. The molecule has 0 saturated heterocycles. The van der Waals surface area contributed by atoms with E-state index in [4.69, 9.17) is 12.6 Å². The molecule has 0 amide bonds. The minimum absolute atomic E-state index is 0.317. The first-order valence-electron chi connectivity index (χ1n) is 6.92. The highest BCUT2D eigenvalue weighted by Gasteiger charge is 2.36. The van der Waals surface area contributed by atoms with Gasteiger partial charge in [0.2, 0.25) is 0 Å². The molecule has 0 bridgehead atoms. The number of allylic oxidation sites excluding steroid dienone is 3. The van der Waals surface area contributed by atoms with Crippen LogP contribution in [0, 0.1) is 6.92 Å². The van der Waals surface area contributed by atoms with E-state index in [1.807, 2.05) is 23.5 Å². The summed E-state index contributed by atoms with van der Waals surface area (Å²) in [5, 5.41) is 0. The first kappa shape index (κ1) is 14.4. The van der Waals surface area contributed by atoms with E-state index < -0.39 is 0 Å². The van der Waals surface area contributed by atoms with Crippen LogP contribution in [-0.2, 0) is 4.75 Å². The predicted octanol–water partition coefficient (Wildman–Crippen LogP) is 6.01. The molecule has 0 radical (unpaired) electrons. The van der Waals surface area contributed by atoms with Gasteiger partial charge < -0.3 is 0 Å². The molecule has 0 N–H and O–H groups in total. The van der Waals surface area contributed by atoms with Gasteiger partial charge in [0.15, 0.2) is 0 Å². The zero-order chi connectivity index (χ0) is 15.2. The van der Waals surface area contributed by atoms with Crippen molar-refractivity contribution in [2.45, 2.75) is 18.6 Å². The highest BCUT2D eigenvalue weighted by atomic mass is 32.1. The van der Waals surface area contributed by atoms with E-state index in [1.54, 1.807) is 0 Å². The van der Waals surface area contributed by atoms with Crippen LogP contribution in [-0.4, -0.2) is 0 Å². The maximum absolute atomic E-state index is 4.91. The van der Waals surface area contributed by atoms with Crippen molar-refractivity contribution in [1.29, 1.82) is 0 Å². The van der Waals surface area contributed by atoms with Gasteiger partial charge in [-0.3, -0.25) is 0 Å². The van der Waals surface area contributed by atoms with E-state index in [2.05, 4.69) is 57.3 Å². The zero-order valence-electron chi connectivity index (χ0n) is 12.3. The van der Waals surface area contributed by atoms with Crippen LogP contribution in [0.4, 0.5) is 0 Å². The maximum atomic E-state index is 4.91. The van der Waals surface area contributed by atoms with E-state index in [0.29, 0.717) is 0 Å². The molecule has 2 heteroatoms. The summed E-state index contributed by atoms with van der Waals surface area (Å²) < 4.78 is -0.317. The van der Waals surface area contributed by atoms with Gasteiger partial charge in [-0.25, -0.2) is 0 Å². The number of benzene rings is 1. The fourth-order valence-electron chi connectivity index (χ4n) is 3.01. The van der Waals surface area contributed by atoms with Crippen molar-refractivity contribution in [2.24, 2.45) is 0 Å². The molecule has 2 aromatic rings. The molecule has 1 aliphatic rings. The van der Waals surface area contributed by atoms with Gasteiger partial charge in [-0.05, 0) is 59.9 Å². The van der Waals surface area contributed by atoms with E-state index >= 15 is 0 Å². The molecule has 1 aromatic carbocycles. The molecule has 0 spiro atoms. The van der Waals surface area contributed by atoms with Crippen molar-refractivity contribution in [3.05, 3.63) is 77.2 Å². The fraction of sp³-hybridized carbons (Fsp3) is 0.158. The lowest BCUT2D eigenvalue weighted by Gasteiger charge is -2.22. The average molecular weight is 310 g/mol. The number of fused-ring (bicyclic) bond motifs is 1. The second-order valence-electron chi connectivity index (χ2n) is 5.48. The molecule has 0 nitrogen and oxygen atoms in total. The summed E-state index contributed by atoms with van der Waals surface area (Å²) in [5.41, 5.74) is 5.98. The molecule has 106 valence electrons. The summed E-state index contributed by atoms with van der Waals surface area (Å²) in [6.45, 7) is 12.2. The minimum Gasteiger partial charge on any atom is -0.163 e. The summed E-state index contributed by atoms with van der Waals surface area (Å²) in [4.78, 5) is 2.63. The van der Waals surface area contributed by atoms with Crippen LogP contribution >= 0.6 is 24.0 Å². The normalized spacial score (nSPS) is 20.5. The first-order valence-corrected chi connectivity index (χ1v) is 8.19. The third kappa shape index (κ3) is 2.14. The van der Waals surface area contributed by atoms with Crippen LogP contribution in [0.2, 0.25) is 0 Å². The van der Waals surface area contributed by atoms with Crippen molar-refractivity contribution in [3.63, 3.8) is 0 Å². The topological polar surface area (TPSA) is 0 Å². The molecular formula is C19H18S2. The number of aryl methyl sites for hydroxylation is 1. The third-order valence-electron chi connectivity index (χ3n) is 4.08. The quantitative estimate of drug-likeness (QED) is 0.660. The van der Waals surface area contributed by atoms with Crippen molar-refractivity contribution >= 4 is 29.5 Å². The molecule has 0 fully saturated rings. The molecule has 0 aliphatic heterocycles. The summed E-state index contributed by atoms with van der Waals surface area (Å²) in [5.74, 6) is 0. The van der Waals surface area contributed by atoms with Crippen LogP contribution in [0.25, 0.3) is 16.0 Å². The highest BCUT2D eigenvalue weighted by molar-refractivity contribution is 7.81. The number of hydrogen-bond donors (Lipinski definition) is 1. The molecule has 1 aromatic heterocycles. The van der Waals surface area contributed by atoms with Crippen molar-refractivity contribution in [1.82, 2.24) is 0 Å². The van der Waals surface area contributed by atoms with Crippen molar-refractivity contribution in [3.8, 4) is 10.4 Å². The van der Waals surface area contributed by atoms with Crippen LogP contribution in [0.5, 0.6) is 0 Å². The Balaban J connectivity index is 2.20. The molecule has 0 saturated carbocycles. The van der Waals surface area contributed by atoms with Gasteiger partial charge in [0.25, 0.3) is 0 Å². The Morgan fingerprint density at radius 2 is 1.90 bits per heavy atom. The molecule has 21 heavy (non-hydrogen) atoms. The Labute approximate surface area is 135 Å². The van der Waals surface area contributed by atoms with E-state index in [-0.39, 0.29) is 4.75 Å². The number of hydrogen-bond acceptors (Lipinski definition) is 2. The van der Waals surface area contributed by atoms with Gasteiger partial charge in [0, 0.05) is 9.75 Å². The lowest BCUT2D eigenvalue weighted by molar-refractivity contribution is 0.870. The fourth-order valence-corrected chi connectivity index (χ4v) is 4.27. The highest BCUT2D eigenvalue weighted by Crippen LogP contribution is 2.50. The standard InChI is InChI=1S/C19H18S2/c1-5-14-15-9-8-13(18-10-7-12(3)21-18)11-17(15)19(4,20)16(14)6-2/h5-11,20H,1-2H2,3-4H3. The Bertz CT molecular complexity index is 773. The molecule has 3 rings (SSSR count). The number of thiophene rings is 1. The smallest absolute Gasteiger partial charge is 0.0610 e. The Morgan fingerprint density at radius 3 is 2.48 bits per heavy atom. The van der Waals surface area contributed by atoms with Crippen LogP contribution in [0.3, 0.4) is 0 Å². The first-order chi connectivity index (χ1) is 9.98. The predicted molar refractivity (Wildman–Crippen MR) is 98.1 cm³/mol. The number of rotatable bonds is 3. The summed E-state index contributed by atoms with van der Waals surface area (Å²) in [7, 11) is 0. The van der Waals surface area contributed by atoms with E-state index in [1.165, 1.54) is 26.4 Å². The monoisotopic (exact) mass is 310 g/mol. The minimum atomic E-state index is -0.317. The average Bonchev–Trinajstić information content (AvgIpc) is 2.98. The van der Waals surface area contributed by atoms with Crippen molar-refractivity contribution < 1.29 is 0 Å².